The molecule has 0 fully saturated rings. The Bertz CT molecular complexity index is 451. The van der Waals surface area contributed by atoms with E-state index in [2.05, 4.69) is 43.2 Å². The van der Waals surface area contributed by atoms with Crippen LogP contribution in [0.3, 0.4) is 0 Å². The molecular weight excluding hydrogens is 264 g/mol. The summed E-state index contributed by atoms with van der Waals surface area (Å²) < 4.78 is 0. The maximum Gasteiger partial charge on any atom is 0.273 e. The zero-order valence-corrected chi connectivity index (χ0v) is 13.9. The minimum Gasteiger partial charge on any atom is -0.395 e. The predicted molar refractivity (Wildman–Crippen MR) is 87.3 cm³/mol. The second kappa shape index (κ2) is 8.05. The van der Waals surface area contributed by atoms with Crippen molar-refractivity contribution in [3.05, 3.63) is 11.4 Å². The summed E-state index contributed by atoms with van der Waals surface area (Å²) in [6.07, 6.45) is 6.55. The lowest BCUT2D eigenvalue weighted by Crippen LogP contribution is -2.34. The molecule has 0 spiro atoms. The molecule has 1 heterocycles. The molecule has 0 saturated heterocycles. The van der Waals surface area contributed by atoms with Gasteiger partial charge in [0.25, 0.3) is 5.91 Å². The van der Waals surface area contributed by atoms with Crippen LogP contribution in [0.25, 0.3) is 0 Å². The highest BCUT2D eigenvalue weighted by atomic mass is 16.1. The summed E-state index contributed by atoms with van der Waals surface area (Å²) in [5, 5.41) is 9.87. The molecular formula is C16H30N4O. The number of aromatic nitrogens is 2. The Balaban J connectivity index is 2.53. The Morgan fingerprint density at radius 1 is 1.29 bits per heavy atom. The Labute approximate surface area is 128 Å². The number of hydrogen-bond donors (Lipinski definition) is 3. The first-order chi connectivity index (χ1) is 9.91. The predicted octanol–water partition coefficient (Wildman–Crippen LogP) is 3.28. The number of nitrogens with one attached hydrogen (secondary N) is 2. The molecule has 0 unspecified atom stereocenters. The van der Waals surface area contributed by atoms with Crippen LogP contribution in [0.5, 0.6) is 0 Å². The summed E-state index contributed by atoms with van der Waals surface area (Å²) in [7, 11) is 0. The summed E-state index contributed by atoms with van der Waals surface area (Å²) in [5.74, 6) is -0.185. The van der Waals surface area contributed by atoms with Gasteiger partial charge in [0.2, 0.25) is 0 Å². The number of aryl methyl sites for hydroxylation is 1. The molecule has 0 aliphatic heterocycles. The standard InChI is InChI=1S/C16H30N4O/c1-5-7-8-10-16(3,4)11-18-15(21)14-13(17)12(9-6-2)19-20-14/h5-11,17H2,1-4H3,(H,18,21)(H,19,20). The highest BCUT2D eigenvalue weighted by molar-refractivity contribution is 5.97. The number of aromatic amines is 1. The first kappa shape index (κ1) is 17.5. The SMILES string of the molecule is CCCCCC(C)(C)CNC(=O)c1n[nH]c(CCC)c1N. The number of nitrogen functional groups attached to an aromatic ring is 1. The fourth-order valence-corrected chi connectivity index (χ4v) is 2.35. The van der Waals surface area contributed by atoms with Crippen molar-refractivity contribution in [2.45, 2.75) is 66.2 Å². The third kappa shape index (κ3) is 5.40. The smallest absolute Gasteiger partial charge is 0.273 e. The minimum atomic E-state index is -0.185. The molecule has 1 rings (SSSR count). The average molecular weight is 294 g/mol. The van der Waals surface area contributed by atoms with Crippen LogP contribution in [0.1, 0.15) is 76.0 Å². The Morgan fingerprint density at radius 2 is 2.00 bits per heavy atom. The van der Waals surface area contributed by atoms with E-state index >= 15 is 0 Å². The number of nitrogens with two attached hydrogens (primary N) is 1. The van der Waals surface area contributed by atoms with Gasteiger partial charge in [-0.05, 0) is 18.3 Å². The van der Waals surface area contributed by atoms with Crippen molar-refractivity contribution in [3.63, 3.8) is 0 Å². The third-order valence-electron chi connectivity index (χ3n) is 3.78. The molecule has 1 aromatic heterocycles. The van der Waals surface area contributed by atoms with E-state index in [4.69, 9.17) is 5.73 Å². The fraction of sp³-hybridized carbons (Fsp3) is 0.750. The van der Waals surface area contributed by atoms with E-state index in [1.807, 2.05) is 0 Å². The first-order valence-corrected chi connectivity index (χ1v) is 8.02. The number of unbranched alkanes of at least 4 members (excludes halogenated alkanes) is 2. The summed E-state index contributed by atoms with van der Waals surface area (Å²) in [4.78, 5) is 12.2. The van der Waals surface area contributed by atoms with Gasteiger partial charge in [-0.1, -0.05) is 53.4 Å². The Morgan fingerprint density at radius 3 is 2.62 bits per heavy atom. The lowest BCUT2D eigenvalue weighted by Gasteiger charge is -2.24. The number of carbonyl (C=O) groups is 1. The molecule has 4 N–H and O–H groups in total. The van der Waals surface area contributed by atoms with Crippen molar-refractivity contribution in [3.8, 4) is 0 Å². The van der Waals surface area contributed by atoms with Gasteiger partial charge in [-0.25, -0.2) is 0 Å². The van der Waals surface area contributed by atoms with E-state index in [0.29, 0.717) is 17.9 Å². The summed E-state index contributed by atoms with van der Waals surface area (Å²) in [5.41, 5.74) is 7.73. The molecule has 21 heavy (non-hydrogen) atoms. The summed E-state index contributed by atoms with van der Waals surface area (Å²) in [6.45, 7) is 9.27. The minimum absolute atomic E-state index is 0.0994. The number of anilines is 1. The maximum atomic E-state index is 12.2. The van der Waals surface area contributed by atoms with Crippen LogP contribution in [0, 0.1) is 5.41 Å². The van der Waals surface area contributed by atoms with Gasteiger partial charge in [0, 0.05) is 6.54 Å². The number of carbonyl (C=O) groups excluding carboxylic acids is 1. The second-order valence-corrected chi connectivity index (χ2v) is 6.52. The molecule has 0 radical (unpaired) electrons. The quantitative estimate of drug-likeness (QED) is 0.611. The summed E-state index contributed by atoms with van der Waals surface area (Å²) in [6, 6.07) is 0. The first-order valence-electron chi connectivity index (χ1n) is 8.02. The van der Waals surface area contributed by atoms with Gasteiger partial charge in [-0.15, -0.1) is 0 Å². The highest BCUT2D eigenvalue weighted by Crippen LogP contribution is 2.23. The van der Waals surface area contributed by atoms with Crippen LogP contribution in [-0.4, -0.2) is 22.6 Å². The molecule has 1 amide bonds. The van der Waals surface area contributed by atoms with Crippen molar-refractivity contribution in [2.75, 3.05) is 12.3 Å². The summed E-state index contributed by atoms with van der Waals surface area (Å²) >= 11 is 0. The van der Waals surface area contributed by atoms with E-state index in [-0.39, 0.29) is 11.3 Å². The number of hydrogen-bond acceptors (Lipinski definition) is 3. The zero-order valence-electron chi connectivity index (χ0n) is 13.9. The van der Waals surface area contributed by atoms with Gasteiger partial charge in [0.05, 0.1) is 11.4 Å². The monoisotopic (exact) mass is 294 g/mol. The van der Waals surface area contributed by atoms with E-state index in [1.54, 1.807) is 0 Å². The topological polar surface area (TPSA) is 83.8 Å². The van der Waals surface area contributed by atoms with Crippen molar-refractivity contribution < 1.29 is 4.79 Å². The van der Waals surface area contributed by atoms with Gasteiger partial charge in [-0.3, -0.25) is 9.89 Å². The molecule has 5 heteroatoms. The van der Waals surface area contributed by atoms with Gasteiger partial charge in [0.15, 0.2) is 5.69 Å². The molecule has 5 nitrogen and oxygen atoms in total. The highest BCUT2D eigenvalue weighted by Gasteiger charge is 2.21. The van der Waals surface area contributed by atoms with Crippen molar-refractivity contribution in [1.82, 2.24) is 15.5 Å². The molecule has 120 valence electrons. The molecule has 0 saturated carbocycles. The molecule has 0 bridgehead atoms. The van der Waals surface area contributed by atoms with Crippen molar-refractivity contribution >= 4 is 11.6 Å². The largest absolute Gasteiger partial charge is 0.395 e. The van der Waals surface area contributed by atoms with Crippen LogP contribution in [-0.2, 0) is 6.42 Å². The molecule has 0 atom stereocenters. The van der Waals surface area contributed by atoms with Gasteiger partial charge in [-0.2, -0.15) is 5.10 Å². The van der Waals surface area contributed by atoms with Crippen LogP contribution < -0.4 is 11.1 Å². The normalized spacial score (nSPS) is 11.6. The molecule has 0 aromatic carbocycles. The lowest BCUT2D eigenvalue weighted by molar-refractivity contribution is 0.0930. The molecule has 1 aromatic rings. The zero-order chi connectivity index (χ0) is 15.9. The van der Waals surface area contributed by atoms with Crippen LogP contribution >= 0.6 is 0 Å². The van der Waals surface area contributed by atoms with E-state index < -0.39 is 0 Å². The van der Waals surface area contributed by atoms with E-state index in [9.17, 15) is 4.79 Å². The lowest BCUT2D eigenvalue weighted by atomic mass is 9.87. The number of amides is 1. The van der Waals surface area contributed by atoms with Crippen molar-refractivity contribution in [2.24, 2.45) is 5.41 Å². The second-order valence-electron chi connectivity index (χ2n) is 6.52. The van der Waals surface area contributed by atoms with Crippen molar-refractivity contribution in [1.29, 1.82) is 0 Å². The number of nitrogens with zero attached hydrogens (tertiary/aromatic N) is 1. The van der Waals surface area contributed by atoms with Gasteiger partial charge >= 0.3 is 0 Å². The number of H-pyrrole nitrogens is 1. The van der Waals surface area contributed by atoms with Crippen LogP contribution in [0.2, 0.25) is 0 Å². The van der Waals surface area contributed by atoms with E-state index in [0.717, 1.165) is 25.0 Å². The van der Waals surface area contributed by atoms with E-state index in [1.165, 1.54) is 19.3 Å². The maximum absolute atomic E-state index is 12.2. The average Bonchev–Trinajstić information content (AvgIpc) is 2.79. The Hall–Kier alpha value is -1.52. The molecule has 0 aliphatic carbocycles. The third-order valence-corrected chi connectivity index (χ3v) is 3.78. The van der Waals surface area contributed by atoms with Gasteiger partial charge in [0.1, 0.15) is 0 Å². The van der Waals surface area contributed by atoms with Crippen LogP contribution in [0.15, 0.2) is 0 Å². The van der Waals surface area contributed by atoms with Gasteiger partial charge < -0.3 is 11.1 Å². The van der Waals surface area contributed by atoms with Crippen LogP contribution in [0.4, 0.5) is 5.69 Å². The number of rotatable bonds is 9. The fourth-order valence-electron chi connectivity index (χ4n) is 2.35. The Kier molecular flexibility index (Phi) is 6.72. The molecule has 0 aliphatic rings.